The highest BCUT2D eigenvalue weighted by atomic mass is 16.5. The van der Waals surface area contributed by atoms with E-state index in [1.165, 1.54) is 5.56 Å². The Morgan fingerprint density at radius 1 is 1.11 bits per heavy atom. The maximum absolute atomic E-state index is 12.5. The van der Waals surface area contributed by atoms with E-state index >= 15 is 0 Å². The maximum atomic E-state index is 12.5. The molecule has 3 aliphatic rings. The summed E-state index contributed by atoms with van der Waals surface area (Å²) in [7, 11) is 1.83. The molecule has 1 aromatic carbocycles. The molecule has 150 valence electrons. The number of hydrogen-bond donors (Lipinski definition) is 0. The molecule has 3 aliphatic heterocycles. The van der Waals surface area contributed by atoms with Gasteiger partial charge in [-0.3, -0.25) is 14.5 Å². The molecule has 1 fully saturated rings. The lowest BCUT2D eigenvalue weighted by Crippen LogP contribution is -2.44. The zero-order valence-electron chi connectivity index (χ0n) is 16.7. The highest BCUT2D eigenvalue weighted by molar-refractivity contribution is 6.06. The minimum Gasteiger partial charge on any atom is -0.379 e. The van der Waals surface area contributed by atoms with Crippen LogP contribution >= 0.6 is 0 Å². The van der Waals surface area contributed by atoms with E-state index < -0.39 is 0 Å². The second kappa shape index (κ2) is 8.01. The summed E-state index contributed by atoms with van der Waals surface area (Å²) in [5, 5.41) is 6.38. The molecule has 0 aromatic heterocycles. The van der Waals surface area contributed by atoms with Gasteiger partial charge in [0, 0.05) is 51.1 Å². The molecule has 1 aromatic rings. The van der Waals surface area contributed by atoms with Crippen LogP contribution < -0.4 is 4.90 Å². The fourth-order valence-corrected chi connectivity index (χ4v) is 4.14. The van der Waals surface area contributed by atoms with Crippen molar-refractivity contribution in [3.05, 3.63) is 29.3 Å². The first-order valence-corrected chi connectivity index (χ1v) is 10.1. The number of carbonyl (C=O) groups excluding carboxylic acids is 2. The molecule has 0 radical (unpaired) electrons. The van der Waals surface area contributed by atoms with E-state index in [4.69, 9.17) is 9.84 Å². The zero-order chi connectivity index (χ0) is 19.7. The number of morpholine rings is 1. The molecule has 1 atom stereocenters. The summed E-state index contributed by atoms with van der Waals surface area (Å²) in [6.07, 6.45) is 1.78. The van der Waals surface area contributed by atoms with E-state index in [0.29, 0.717) is 19.4 Å². The molecule has 0 spiro atoms. The number of hydrazone groups is 1. The summed E-state index contributed by atoms with van der Waals surface area (Å²) in [5.74, 6) is 0.337. The number of ether oxygens (including phenoxy) is 1. The predicted molar refractivity (Wildman–Crippen MR) is 107 cm³/mol. The molecular formula is C21H28N4O3. The first-order chi connectivity index (χ1) is 13.5. The summed E-state index contributed by atoms with van der Waals surface area (Å²) >= 11 is 0. The van der Waals surface area contributed by atoms with Crippen LogP contribution in [0.15, 0.2) is 23.3 Å². The maximum Gasteiger partial charge on any atom is 0.243 e. The van der Waals surface area contributed by atoms with Gasteiger partial charge in [-0.15, -0.1) is 0 Å². The molecule has 0 bridgehead atoms. The van der Waals surface area contributed by atoms with Gasteiger partial charge in [-0.1, -0.05) is 13.0 Å². The van der Waals surface area contributed by atoms with Gasteiger partial charge in [-0.25, -0.2) is 5.01 Å². The van der Waals surface area contributed by atoms with Crippen molar-refractivity contribution in [1.82, 2.24) is 9.91 Å². The Hall–Kier alpha value is -2.25. The van der Waals surface area contributed by atoms with E-state index in [1.54, 1.807) is 9.91 Å². The number of benzene rings is 1. The van der Waals surface area contributed by atoms with Crippen molar-refractivity contribution in [1.29, 1.82) is 0 Å². The van der Waals surface area contributed by atoms with E-state index in [2.05, 4.69) is 17.9 Å². The van der Waals surface area contributed by atoms with Crippen molar-refractivity contribution < 1.29 is 14.3 Å². The molecular weight excluding hydrogens is 356 g/mol. The third kappa shape index (κ3) is 3.82. The van der Waals surface area contributed by atoms with Crippen LogP contribution in [0.2, 0.25) is 0 Å². The second-order valence-corrected chi connectivity index (χ2v) is 7.86. The molecule has 28 heavy (non-hydrogen) atoms. The lowest BCUT2D eigenvalue weighted by atomic mass is 9.90. The average Bonchev–Trinajstić information content (AvgIpc) is 2.71. The van der Waals surface area contributed by atoms with Crippen LogP contribution in [0.4, 0.5) is 5.69 Å². The Balaban J connectivity index is 1.53. The van der Waals surface area contributed by atoms with Crippen molar-refractivity contribution in [3.8, 4) is 0 Å². The summed E-state index contributed by atoms with van der Waals surface area (Å²) < 4.78 is 5.39. The van der Waals surface area contributed by atoms with Gasteiger partial charge in [0.1, 0.15) is 0 Å². The van der Waals surface area contributed by atoms with Gasteiger partial charge >= 0.3 is 0 Å². The number of carbonyl (C=O) groups is 2. The number of hydrogen-bond acceptors (Lipinski definition) is 5. The lowest BCUT2D eigenvalue weighted by molar-refractivity contribution is -0.132. The first-order valence-electron chi connectivity index (χ1n) is 10.1. The van der Waals surface area contributed by atoms with Gasteiger partial charge < -0.3 is 9.64 Å². The van der Waals surface area contributed by atoms with Crippen molar-refractivity contribution in [2.24, 2.45) is 11.0 Å². The van der Waals surface area contributed by atoms with Crippen LogP contribution in [0, 0.1) is 5.92 Å². The Bertz CT molecular complexity index is 801. The molecule has 1 saturated heterocycles. The van der Waals surface area contributed by atoms with Crippen LogP contribution in [0.1, 0.15) is 30.9 Å². The monoisotopic (exact) mass is 384 g/mol. The molecule has 1 unspecified atom stereocenters. The number of nitrogens with zero attached hydrogens (tertiary/aromatic N) is 4. The molecule has 4 rings (SSSR count). The standard InChI is InChI=1S/C21H28N4O3/c1-15-13-20(27)25(8-7-24-9-11-28-12-10-24)22-21(15)17-3-5-18-16(14-17)4-6-19(26)23(18)2/h3,5,14-15H,4,6-13H2,1-2H3. The topological polar surface area (TPSA) is 65.5 Å². The Morgan fingerprint density at radius 2 is 1.89 bits per heavy atom. The van der Waals surface area contributed by atoms with E-state index in [0.717, 1.165) is 56.2 Å². The van der Waals surface area contributed by atoms with Crippen LogP contribution in [0.5, 0.6) is 0 Å². The van der Waals surface area contributed by atoms with Gasteiger partial charge in [-0.05, 0) is 29.7 Å². The number of anilines is 1. The summed E-state index contributed by atoms with van der Waals surface area (Å²) in [5.41, 5.74) is 4.16. The Morgan fingerprint density at radius 3 is 2.68 bits per heavy atom. The largest absolute Gasteiger partial charge is 0.379 e. The average molecular weight is 384 g/mol. The van der Waals surface area contributed by atoms with Crippen molar-refractivity contribution in [3.63, 3.8) is 0 Å². The van der Waals surface area contributed by atoms with Gasteiger partial charge in [-0.2, -0.15) is 5.10 Å². The highest BCUT2D eigenvalue weighted by Gasteiger charge is 2.29. The third-order valence-corrected chi connectivity index (χ3v) is 5.91. The summed E-state index contributed by atoms with van der Waals surface area (Å²) in [6.45, 7) is 6.81. The Labute approximate surface area is 165 Å². The number of rotatable bonds is 4. The minimum atomic E-state index is 0.0906. The molecule has 0 saturated carbocycles. The lowest BCUT2D eigenvalue weighted by Gasteiger charge is -2.32. The highest BCUT2D eigenvalue weighted by Crippen LogP contribution is 2.30. The molecule has 7 nitrogen and oxygen atoms in total. The fraction of sp³-hybridized carbons (Fsp3) is 0.571. The molecule has 3 heterocycles. The summed E-state index contributed by atoms with van der Waals surface area (Å²) in [4.78, 5) is 28.5. The molecule has 0 aliphatic carbocycles. The molecule has 0 N–H and O–H groups in total. The van der Waals surface area contributed by atoms with E-state index in [-0.39, 0.29) is 17.7 Å². The van der Waals surface area contributed by atoms with Crippen LogP contribution in [0.3, 0.4) is 0 Å². The van der Waals surface area contributed by atoms with Crippen LogP contribution in [-0.2, 0) is 20.7 Å². The SMILES string of the molecule is CC1CC(=O)N(CCN2CCOCC2)N=C1c1ccc2c(c1)CCC(=O)N2C. The van der Waals surface area contributed by atoms with E-state index in [9.17, 15) is 9.59 Å². The van der Waals surface area contributed by atoms with Crippen molar-refractivity contribution in [2.45, 2.75) is 26.2 Å². The number of fused-ring (bicyclic) bond motifs is 1. The smallest absolute Gasteiger partial charge is 0.243 e. The van der Waals surface area contributed by atoms with E-state index in [1.807, 2.05) is 19.2 Å². The van der Waals surface area contributed by atoms with Gasteiger partial charge in [0.25, 0.3) is 0 Å². The summed E-state index contributed by atoms with van der Waals surface area (Å²) in [6, 6.07) is 6.17. The first kappa shape index (κ1) is 19.1. The number of amides is 2. The van der Waals surface area contributed by atoms with Gasteiger partial charge in [0.2, 0.25) is 11.8 Å². The van der Waals surface area contributed by atoms with Crippen LogP contribution in [-0.4, -0.2) is 73.9 Å². The minimum absolute atomic E-state index is 0.0906. The quantitative estimate of drug-likeness (QED) is 0.789. The fourth-order valence-electron chi connectivity index (χ4n) is 4.14. The molecule has 2 amide bonds. The second-order valence-electron chi connectivity index (χ2n) is 7.86. The van der Waals surface area contributed by atoms with Crippen molar-refractivity contribution in [2.75, 3.05) is 51.3 Å². The molecule has 7 heteroatoms. The van der Waals surface area contributed by atoms with Gasteiger partial charge in [0.05, 0.1) is 25.5 Å². The van der Waals surface area contributed by atoms with Gasteiger partial charge in [0.15, 0.2) is 0 Å². The third-order valence-electron chi connectivity index (χ3n) is 5.91. The normalized spacial score (nSPS) is 23.6. The Kier molecular flexibility index (Phi) is 5.46. The predicted octanol–water partition coefficient (Wildman–Crippen LogP) is 1.50. The van der Waals surface area contributed by atoms with Crippen LogP contribution in [0.25, 0.3) is 0 Å². The zero-order valence-corrected chi connectivity index (χ0v) is 16.7. The van der Waals surface area contributed by atoms with Crippen molar-refractivity contribution >= 4 is 23.2 Å². The number of aryl methyl sites for hydroxylation is 1.